The van der Waals surface area contributed by atoms with Crippen LogP contribution >= 0.6 is 0 Å². The van der Waals surface area contributed by atoms with Crippen molar-refractivity contribution in [2.24, 2.45) is 11.8 Å². The molecular weight excluding hydrogens is 673 g/mol. The van der Waals surface area contributed by atoms with Gasteiger partial charge in [-0.3, -0.25) is 19.1 Å². The van der Waals surface area contributed by atoms with E-state index in [9.17, 15) is 27.9 Å². The maximum atomic E-state index is 14.2. The first-order valence-corrected chi connectivity index (χ1v) is 19.6. The summed E-state index contributed by atoms with van der Waals surface area (Å²) in [6.45, 7) is 1.92. The smallest absolute Gasteiger partial charge is 0.259 e. The van der Waals surface area contributed by atoms with Crippen LogP contribution in [0.2, 0.25) is 0 Å². The lowest BCUT2D eigenvalue weighted by Gasteiger charge is -2.32. The van der Waals surface area contributed by atoms with Gasteiger partial charge in [0.2, 0.25) is 15.9 Å². The molecule has 3 saturated carbocycles. The highest BCUT2D eigenvalue weighted by molar-refractivity contribution is 7.91. The van der Waals surface area contributed by atoms with E-state index < -0.39 is 56.8 Å². The van der Waals surface area contributed by atoms with E-state index in [1.165, 1.54) is 4.90 Å². The van der Waals surface area contributed by atoms with E-state index in [0.717, 1.165) is 43.1 Å². The summed E-state index contributed by atoms with van der Waals surface area (Å²) >= 11 is 0. The lowest BCUT2D eigenvalue weighted by molar-refractivity contribution is -0.148. The number of benzene rings is 2. The van der Waals surface area contributed by atoms with Crippen molar-refractivity contribution in [3.63, 3.8) is 0 Å². The maximum Gasteiger partial charge on any atom is 0.259 e. The van der Waals surface area contributed by atoms with E-state index in [-0.39, 0.29) is 24.8 Å². The molecule has 272 valence electrons. The molecule has 0 spiro atoms. The first-order valence-electron chi connectivity index (χ1n) is 18.1. The number of ether oxygens (including phenoxy) is 2. The van der Waals surface area contributed by atoms with Gasteiger partial charge in [0.05, 0.1) is 30.1 Å². The van der Waals surface area contributed by atoms with Crippen molar-refractivity contribution < 1.29 is 37.4 Å². The van der Waals surface area contributed by atoms with Crippen molar-refractivity contribution in [3.8, 4) is 22.8 Å². The third kappa shape index (κ3) is 7.15. The van der Waals surface area contributed by atoms with E-state index in [1.54, 1.807) is 7.11 Å². The number of pyridine rings is 1. The van der Waals surface area contributed by atoms with Crippen LogP contribution in [0.5, 0.6) is 11.5 Å². The number of aliphatic hydroxyl groups excluding tert-OH is 1. The quantitative estimate of drug-likeness (QED) is 0.250. The SMILES string of the molecule is CCC1C[C@]1(NC(=O)[C@@H]1C[C@@H](Oc2cc(-c3ccccc3)nc3cc(OC)ccc23)CN1C(=O)[C@@H](O)C1CCCCC1)C(=O)NS(=O)(=O)C1CC1. The van der Waals surface area contributed by atoms with Crippen molar-refractivity contribution in [2.45, 2.75) is 100 Å². The molecule has 3 N–H and O–H groups in total. The first-order chi connectivity index (χ1) is 24.5. The number of nitrogens with one attached hydrogen (secondary N) is 2. The van der Waals surface area contributed by atoms with E-state index in [1.807, 2.05) is 61.5 Å². The summed E-state index contributed by atoms with van der Waals surface area (Å²) in [6.07, 6.45) is 4.38. The van der Waals surface area contributed by atoms with Crippen LogP contribution in [0, 0.1) is 11.8 Å². The van der Waals surface area contributed by atoms with Crippen LogP contribution in [0.15, 0.2) is 54.6 Å². The number of fused-ring (bicyclic) bond motifs is 1. The number of carbonyl (C=O) groups is 3. The number of hydrogen-bond donors (Lipinski definition) is 3. The van der Waals surface area contributed by atoms with Gasteiger partial charge in [-0.1, -0.05) is 62.9 Å². The molecule has 13 heteroatoms. The molecule has 3 aliphatic carbocycles. The predicted octanol–water partition coefficient (Wildman–Crippen LogP) is 4.09. The zero-order chi connectivity index (χ0) is 35.9. The molecule has 1 aromatic heterocycles. The van der Waals surface area contributed by atoms with Gasteiger partial charge in [0.15, 0.2) is 0 Å². The maximum absolute atomic E-state index is 14.2. The molecule has 51 heavy (non-hydrogen) atoms. The summed E-state index contributed by atoms with van der Waals surface area (Å²) in [5, 5.41) is 14.3. The molecule has 0 radical (unpaired) electrons. The van der Waals surface area contributed by atoms with Crippen LogP contribution in [-0.2, 0) is 24.4 Å². The van der Waals surface area contributed by atoms with Crippen LogP contribution in [0.1, 0.15) is 71.1 Å². The Morgan fingerprint density at radius 3 is 2.45 bits per heavy atom. The van der Waals surface area contributed by atoms with Gasteiger partial charge in [-0.15, -0.1) is 0 Å². The largest absolute Gasteiger partial charge is 0.497 e. The Hall–Kier alpha value is -4.23. The molecule has 1 unspecified atom stereocenters. The molecule has 3 amide bonds. The van der Waals surface area contributed by atoms with E-state index in [0.29, 0.717) is 48.4 Å². The standard InChI is InChI=1S/C38H46N4O8S/c1-3-25-21-38(25,37(46)41-51(47,48)28-15-16-28)40-35(44)32-19-27(22-42(32)36(45)34(43)24-12-8-5-9-13-24)50-33-20-30(23-10-6-4-7-11-23)39-31-18-26(49-2)14-17-29(31)33/h4,6-7,10-11,14,17-18,20,24-25,27-28,32,34,43H,3,5,8-9,12-13,15-16,19,21-22H2,1-2H3,(H,40,44)(H,41,46)/t25?,27-,32+,34+,38-/m1/s1. The van der Waals surface area contributed by atoms with Crippen LogP contribution in [0.3, 0.4) is 0 Å². The molecule has 7 rings (SSSR count). The average molecular weight is 719 g/mol. The molecule has 5 atom stereocenters. The number of amides is 3. The van der Waals surface area contributed by atoms with Crippen LogP contribution in [-0.4, -0.2) is 83.8 Å². The van der Waals surface area contributed by atoms with E-state index in [4.69, 9.17) is 14.5 Å². The highest BCUT2D eigenvalue weighted by Crippen LogP contribution is 2.47. The second-order valence-corrected chi connectivity index (χ2v) is 16.5. The van der Waals surface area contributed by atoms with Crippen molar-refractivity contribution in [2.75, 3.05) is 13.7 Å². The average Bonchev–Trinajstić information content (AvgIpc) is 4.08. The minimum Gasteiger partial charge on any atom is -0.497 e. The normalized spacial score (nSPS) is 25.6. The molecule has 1 saturated heterocycles. The fraction of sp³-hybridized carbons (Fsp3) is 0.526. The predicted molar refractivity (Wildman–Crippen MR) is 190 cm³/mol. The lowest BCUT2D eigenvalue weighted by atomic mass is 9.84. The van der Waals surface area contributed by atoms with Crippen LogP contribution < -0.4 is 19.5 Å². The highest BCUT2D eigenvalue weighted by atomic mass is 32.2. The zero-order valence-electron chi connectivity index (χ0n) is 29.0. The van der Waals surface area contributed by atoms with Crippen LogP contribution in [0.4, 0.5) is 0 Å². The Labute approximate surface area is 298 Å². The summed E-state index contributed by atoms with van der Waals surface area (Å²) < 4.78 is 39.7. The number of aliphatic hydroxyl groups is 1. The van der Waals surface area contributed by atoms with Gasteiger partial charge < -0.3 is 24.8 Å². The number of nitrogens with zero attached hydrogens (tertiary/aromatic N) is 2. The van der Waals surface area contributed by atoms with Gasteiger partial charge in [0.25, 0.3) is 11.8 Å². The van der Waals surface area contributed by atoms with Gasteiger partial charge in [-0.25, -0.2) is 13.4 Å². The minimum absolute atomic E-state index is 0.0355. The van der Waals surface area contributed by atoms with Gasteiger partial charge >= 0.3 is 0 Å². The topological polar surface area (TPSA) is 164 Å². The number of likely N-dealkylation sites (tertiary alicyclic amines) is 1. The molecular formula is C38H46N4O8S. The minimum atomic E-state index is -3.83. The molecule has 12 nitrogen and oxygen atoms in total. The third-order valence-electron chi connectivity index (χ3n) is 11.1. The van der Waals surface area contributed by atoms with Crippen molar-refractivity contribution >= 4 is 38.6 Å². The molecule has 1 aliphatic heterocycles. The Bertz CT molecular complexity index is 1910. The Balaban J connectivity index is 1.18. The summed E-state index contributed by atoms with van der Waals surface area (Å²) in [4.78, 5) is 48.0. The van der Waals surface area contributed by atoms with Gasteiger partial charge in [-0.2, -0.15) is 0 Å². The summed E-state index contributed by atoms with van der Waals surface area (Å²) in [6, 6.07) is 16.0. The number of rotatable bonds is 12. The molecule has 4 fully saturated rings. The Morgan fingerprint density at radius 1 is 1.04 bits per heavy atom. The van der Waals surface area contributed by atoms with Gasteiger partial charge in [0.1, 0.15) is 35.3 Å². The summed E-state index contributed by atoms with van der Waals surface area (Å²) in [5.74, 6) is -1.17. The number of sulfonamides is 1. The van der Waals surface area contributed by atoms with Crippen LogP contribution in [0.25, 0.3) is 22.2 Å². The molecule has 4 aliphatic rings. The highest BCUT2D eigenvalue weighted by Gasteiger charge is 2.62. The van der Waals surface area contributed by atoms with Crippen molar-refractivity contribution in [1.82, 2.24) is 19.9 Å². The molecule has 2 aromatic carbocycles. The summed E-state index contributed by atoms with van der Waals surface area (Å²) in [7, 11) is -2.25. The Morgan fingerprint density at radius 2 is 1.78 bits per heavy atom. The third-order valence-corrected chi connectivity index (χ3v) is 12.9. The van der Waals surface area contributed by atoms with E-state index in [2.05, 4.69) is 10.0 Å². The monoisotopic (exact) mass is 718 g/mol. The van der Waals surface area contributed by atoms with Gasteiger partial charge in [0, 0.05) is 29.5 Å². The summed E-state index contributed by atoms with van der Waals surface area (Å²) in [5.41, 5.74) is 0.805. The number of carbonyl (C=O) groups excluding carboxylic acids is 3. The second kappa shape index (κ2) is 14.1. The lowest BCUT2D eigenvalue weighted by Crippen LogP contribution is -2.57. The van der Waals surface area contributed by atoms with E-state index >= 15 is 0 Å². The fourth-order valence-corrected chi connectivity index (χ4v) is 9.19. The second-order valence-electron chi connectivity index (χ2n) is 14.5. The number of methoxy groups -OCH3 is 1. The molecule has 2 heterocycles. The van der Waals surface area contributed by atoms with Crippen molar-refractivity contribution in [3.05, 3.63) is 54.6 Å². The number of aromatic nitrogens is 1. The zero-order valence-corrected chi connectivity index (χ0v) is 29.9. The van der Waals surface area contributed by atoms with Crippen molar-refractivity contribution in [1.29, 1.82) is 0 Å². The Kier molecular flexibility index (Phi) is 9.70. The molecule has 0 bridgehead atoms. The first kappa shape index (κ1) is 35.2. The molecule has 3 aromatic rings. The van der Waals surface area contributed by atoms with Gasteiger partial charge in [-0.05, 0) is 56.1 Å². The fourth-order valence-electron chi connectivity index (χ4n) is 7.83. The number of hydrogen-bond acceptors (Lipinski definition) is 9.